The maximum atomic E-state index is 11.7. The molecule has 144 valence electrons. The van der Waals surface area contributed by atoms with Crippen LogP contribution in [0.3, 0.4) is 0 Å². The molecule has 6 heteroatoms. The Kier molecular flexibility index (Phi) is 6.83. The summed E-state index contributed by atoms with van der Waals surface area (Å²) in [4.78, 5) is 23.5. The third-order valence-corrected chi connectivity index (χ3v) is 3.48. The molecule has 0 saturated heterocycles. The van der Waals surface area contributed by atoms with Gasteiger partial charge >= 0.3 is 12.2 Å². The van der Waals surface area contributed by atoms with Gasteiger partial charge in [-0.25, -0.2) is 9.59 Å². The number of rotatable bonds is 5. The highest BCUT2D eigenvalue weighted by Crippen LogP contribution is 2.13. The van der Waals surface area contributed by atoms with Gasteiger partial charge in [-0.15, -0.1) is 0 Å². The van der Waals surface area contributed by atoms with E-state index in [1.165, 1.54) is 0 Å². The molecule has 0 saturated carbocycles. The first kappa shape index (κ1) is 19.6. The lowest BCUT2D eigenvalue weighted by molar-refractivity contribution is 0.0636. The molecule has 0 fully saturated rings. The van der Waals surface area contributed by atoms with Crippen LogP contribution in [-0.2, 0) is 16.0 Å². The van der Waals surface area contributed by atoms with Crippen LogP contribution in [-0.4, -0.2) is 24.4 Å². The van der Waals surface area contributed by atoms with Crippen molar-refractivity contribution in [3.05, 3.63) is 53.6 Å². The first-order valence-electron chi connectivity index (χ1n) is 8.67. The molecule has 0 spiro atoms. The van der Waals surface area contributed by atoms with Crippen molar-refractivity contribution in [2.24, 2.45) is 0 Å². The van der Waals surface area contributed by atoms with Crippen molar-refractivity contribution in [3.63, 3.8) is 0 Å². The van der Waals surface area contributed by atoms with Gasteiger partial charge in [-0.1, -0.05) is 30.4 Å². The van der Waals surface area contributed by atoms with Crippen LogP contribution in [0.15, 0.2) is 48.1 Å². The SMILES string of the molecule is CC(C)(C)OC(=O)Nc1ccc(CNC(=O)OCC2=CCCC=C2)cc1.[HH].[HH]. The second-order valence-electron chi connectivity index (χ2n) is 7.01. The molecular formula is C20H30N2O4. The minimum Gasteiger partial charge on any atom is -0.445 e. The van der Waals surface area contributed by atoms with Crippen molar-refractivity contribution >= 4 is 17.9 Å². The Hall–Kier alpha value is -2.76. The average Bonchev–Trinajstić information content (AvgIpc) is 2.58. The lowest BCUT2D eigenvalue weighted by atomic mass is 10.1. The molecule has 1 aromatic rings. The first-order chi connectivity index (χ1) is 12.3. The molecule has 0 heterocycles. The zero-order valence-electron chi connectivity index (χ0n) is 15.5. The first-order valence-corrected chi connectivity index (χ1v) is 8.67. The molecule has 0 unspecified atom stereocenters. The summed E-state index contributed by atoms with van der Waals surface area (Å²) in [6, 6.07) is 7.15. The van der Waals surface area contributed by atoms with Crippen LogP contribution < -0.4 is 10.6 Å². The molecule has 6 nitrogen and oxygen atoms in total. The molecule has 2 amide bonds. The number of hydrogen-bond acceptors (Lipinski definition) is 4. The lowest BCUT2D eigenvalue weighted by Crippen LogP contribution is -2.27. The second kappa shape index (κ2) is 9.08. The van der Waals surface area contributed by atoms with E-state index >= 15 is 0 Å². The lowest BCUT2D eigenvalue weighted by Gasteiger charge is -2.19. The molecule has 0 bridgehead atoms. The third-order valence-electron chi connectivity index (χ3n) is 3.48. The Balaban J connectivity index is 0.00000364. The minimum absolute atomic E-state index is 0. The van der Waals surface area contributed by atoms with Crippen molar-refractivity contribution < 1.29 is 21.9 Å². The number of anilines is 1. The van der Waals surface area contributed by atoms with Gasteiger partial charge in [0.2, 0.25) is 0 Å². The Morgan fingerprint density at radius 1 is 1.12 bits per heavy atom. The average molecular weight is 362 g/mol. The molecule has 0 aromatic heterocycles. The van der Waals surface area contributed by atoms with Gasteiger partial charge in [0.15, 0.2) is 0 Å². The fraction of sp³-hybridized carbons (Fsp3) is 0.400. The Morgan fingerprint density at radius 2 is 1.85 bits per heavy atom. The van der Waals surface area contributed by atoms with Gasteiger partial charge in [-0.3, -0.25) is 5.32 Å². The molecule has 2 rings (SSSR count). The predicted octanol–water partition coefficient (Wildman–Crippen LogP) is 5.03. The van der Waals surface area contributed by atoms with Crippen molar-refractivity contribution in [3.8, 4) is 0 Å². The van der Waals surface area contributed by atoms with Gasteiger partial charge in [0.1, 0.15) is 12.2 Å². The maximum absolute atomic E-state index is 11.7. The van der Waals surface area contributed by atoms with Crippen LogP contribution in [0.4, 0.5) is 15.3 Å². The van der Waals surface area contributed by atoms with E-state index in [1.807, 2.05) is 39.0 Å². The summed E-state index contributed by atoms with van der Waals surface area (Å²) in [6.45, 7) is 6.05. The summed E-state index contributed by atoms with van der Waals surface area (Å²) < 4.78 is 10.4. The van der Waals surface area contributed by atoms with Gasteiger partial charge in [0.05, 0.1) is 0 Å². The fourth-order valence-corrected chi connectivity index (χ4v) is 2.28. The number of nitrogens with one attached hydrogen (secondary N) is 2. The number of benzene rings is 1. The Labute approximate surface area is 157 Å². The summed E-state index contributed by atoms with van der Waals surface area (Å²) >= 11 is 0. The van der Waals surface area contributed by atoms with E-state index in [-0.39, 0.29) is 9.46 Å². The fourth-order valence-electron chi connectivity index (χ4n) is 2.28. The molecule has 1 aliphatic rings. The van der Waals surface area contributed by atoms with Gasteiger partial charge < -0.3 is 14.8 Å². The van der Waals surface area contributed by atoms with Gasteiger partial charge in [0.25, 0.3) is 0 Å². The van der Waals surface area contributed by atoms with Crippen LogP contribution in [0.2, 0.25) is 0 Å². The third kappa shape index (κ3) is 7.42. The normalized spacial score (nSPS) is 13.6. The molecule has 1 aromatic carbocycles. The molecule has 2 N–H and O–H groups in total. The van der Waals surface area contributed by atoms with Crippen molar-refractivity contribution in [1.82, 2.24) is 5.32 Å². The molecule has 0 atom stereocenters. The largest absolute Gasteiger partial charge is 0.445 e. The van der Waals surface area contributed by atoms with E-state index in [0.717, 1.165) is 24.0 Å². The summed E-state index contributed by atoms with van der Waals surface area (Å²) in [5.41, 5.74) is 2.00. The number of amides is 2. The summed E-state index contributed by atoms with van der Waals surface area (Å²) in [6.07, 6.45) is 7.19. The highest BCUT2D eigenvalue weighted by molar-refractivity contribution is 5.84. The quantitative estimate of drug-likeness (QED) is 0.770. The van der Waals surface area contributed by atoms with Gasteiger partial charge in [-0.05, 0) is 56.9 Å². The van der Waals surface area contributed by atoms with Gasteiger partial charge in [0, 0.05) is 15.1 Å². The van der Waals surface area contributed by atoms with E-state index < -0.39 is 17.8 Å². The second-order valence-corrected chi connectivity index (χ2v) is 7.01. The number of hydrogen-bond donors (Lipinski definition) is 2. The smallest absolute Gasteiger partial charge is 0.412 e. The molecule has 1 aliphatic carbocycles. The summed E-state index contributed by atoms with van der Waals surface area (Å²) in [5, 5.41) is 5.37. The van der Waals surface area contributed by atoms with Gasteiger partial charge in [-0.2, -0.15) is 0 Å². The van der Waals surface area contributed by atoms with E-state index in [2.05, 4.69) is 22.8 Å². The summed E-state index contributed by atoms with van der Waals surface area (Å²) in [5.74, 6) is 0. The topological polar surface area (TPSA) is 76.7 Å². The number of carbonyl (C=O) groups is 2. The Morgan fingerprint density at radius 3 is 2.46 bits per heavy atom. The van der Waals surface area contributed by atoms with E-state index in [4.69, 9.17) is 9.47 Å². The highest BCUT2D eigenvalue weighted by atomic mass is 16.6. The highest BCUT2D eigenvalue weighted by Gasteiger charge is 2.16. The standard InChI is InChI=1S/C20H26N2O4.2H2/c1-20(2,3)26-19(24)22-17-11-9-15(10-12-17)13-21-18(23)25-14-16-7-5-4-6-8-16;;/h5,7-12H,4,6,13-14H2,1-3H3,(H,21,23)(H,22,24);2*1H. The maximum Gasteiger partial charge on any atom is 0.412 e. The zero-order valence-corrected chi connectivity index (χ0v) is 15.5. The van der Waals surface area contributed by atoms with Crippen LogP contribution in [0.5, 0.6) is 0 Å². The van der Waals surface area contributed by atoms with E-state index in [0.29, 0.717) is 12.2 Å². The van der Waals surface area contributed by atoms with Crippen molar-refractivity contribution in [1.29, 1.82) is 0 Å². The van der Waals surface area contributed by atoms with Crippen LogP contribution in [0.1, 0.15) is 42.0 Å². The Bertz CT molecular complexity index is 695. The number of ether oxygens (including phenoxy) is 2. The molecular weight excluding hydrogens is 332 g/mol. The summed E-state index contributed by atoms with van der Waals surface area (Å²) in [7, 11) is 0. The van der Waals surface area contributed by atoms with Crippen LogP contribution in [0.25, 0.3) is 0 Å². The number of allylic oxidation sites excluding steroid dienone is 2. The van der Waals surface area contributed by atoms with E-state index in [9.17, 15) is 9.59 Å². The monoisotopic (exact) mass is 362 g/mol. The predicted molar refractivity (Wildman–Crippen MR) is 105 cm³/mol. The van der Waals surface area contributed by atoms with Crippen molar-refractivity contribution in [2.75, 3.05) is 11.9 Å². The minimum atomic E-state index is -0.544. The number of carbonyl (C=O) groups excluding carboxylic acids is 2. The molecule has 0 radical (unpaired) electrons. The molecule has 26 heavy (non-hydrogen) atoms. The van der Waals surface area contributed by atoms with Crippen LogP contribution in [0, 0.1) is 0 Å². The zero-order chi connectivity index (χ0) is 19.0. The van der Waals surface area contributed by atoms with Crippen molar-refractivity contribution in [2.45, 2.75) is 45.8 Å². The number of alkyl carbamates (subject to hydrolysis) is 1. The van der Waals surface area contributed by atoms with E-state index in [1.54, 1.807) is 12.1 Å². The molecule has 0 aliphatic heterocycles. The van der Waals surface area contributed by atoms with Crippen LogP contribution >= 0.6 is 0 Å².